The van der Waals surface area contributed by atoms with Crippen LogP contribution >= 0.6 is 0 Å². The summed E-state index contributed by atoms with van der Waals surface area (Å²) in [4.78, 5) is -0.279. The quantitative estimate of drug-likeness (QED) is 0.101. The second kappa shape index (κ2) is 13.5. The van der Waals surface area contributed by atoms with Crippen LogP contribution in [0.4, 0.5) is 0 Å². The van der Waals surface area contributed by atoms with Crippen molar-refractivity contribution in [2.45, 2.75) is 9.79 Å². The Labute approximate surface area is 278 Å². The summed E-state index contributed by atoms with van der Waals surface area (Å²) in [5.41, 5.74) is 2.13. The molecular weight excluding hydrogens is 645 g/mol. The second-order valence-corrected chi connectivity index (χ2v) is 13.6. The molecule has 0 amide bonds. The predicted molar refractivity (Wildman–Crippen MR) is 191 cm³/mol. The molecule has 48 heavy (non-hydrogen) atoms. The average Bonchev–Trinajstić information content (AvgIpc) is 3.12. The molecule has 8 nitrogen and oxygen atoms in total. The normalized spacial score (nSPS) is 12.5. The number of benzene rings is 6. The summed E-state index contributed by atoms with van der Waals surface area (Å²) in [6, 6.07) is 37.5. The zero-order valence-electron chi connectivity index (χ0n) is 25.4. The number of rotatable bonds is 11. The van der Waals surface area contributed by atoms with E-state index in [0.717, 1.165) is 21.9 Å². The molecule has 0 fully saturated rings. The van der Waals surface area contributed by atoms with Gasteiger partial charge in [0, 0.05) is 11.1 Å². The van der Waals surface area contributed by atoms with E-state index in [1.54, 1.807) is 60.7 Å². The van der Waals surface area contributed by atoms with Crippen molar-refractivity contribution in [1.29, 1.82) is 0 Å². The molecule has 6 rings (SSSR count). The van der Waals surface area contributed by atoms with Crippen LogP contribution in [0.1, 0.15) is 22.3 Å². The highest BCUT2D eigenvalue weighted by atomic mass is 32.2. The van der Waals surface area contributed by atoms with Crippen LogP contribution in [0.5, 0.6) is 0 Å². The fourth-order valence-corrected chi connectivity index (χ4v) is 6.56. The molecule has 0 aliphatic rings. The van der Waals surface area contributed by atoms with E-state index in [1.165, 1.54) is 24.3 Å². The molecule has 0 radical (unpaired) electrons. The van der Waals surface area contributed by atoms with Crippen molar-refractivity contribution < 1.29 is 25.4 Å². The van der Waals surface area contributed by atoms with Gasteiger partial charge < -0.3 is 0 Å². The summed E-state index contributed by atoms with van der Waals surface area (Å²) >= 11 is 0. The van der Waals surface area contributed by atoms with Gasteiger partial charge in [-0.15, -0.1) is 0 Å². The Hall–Kier alpha value is -5.84. The van der Waals surface area contributed by atoms with E-state index in [0.29, 0.717) is 21.9 Å². The molecule has 0 N–H and O–H groups in total. The topological polar surface area (TPSA) is 111 Å². The van der Waals surface area contributed by atoms with Crippen molar-refractivity contribution in [3.63, 3.8) is 0 Å². The van der Waals surface area contributed by atoms with E-state index >= 15 is 0 Å². The fraction of sp³-hybridized carbons (Fsp3) is 0. The summed E-state index contributed by atoms with van der Waals surface area (Å²) in [6.07, 6.45) is 3.17. The van der Waals surface area contributed by atoms with E-state index in [2.05, 4.69) is 23.5 Å². The highest BCUT2D eigenvalue weighted by Crippen LogP contribution is 2.27. The number of hydrogen-bond acceptors (Lipinski definition) is 8. The van der Waals surface area contributed by atoms with Crippen LogP contribution in [0.2, 0.25) is 0 Å². The molecule has 238 valence electrons. The molecule has 10 heteroatoms. The zero-order valence-corrected chi connectivity index (χ0v) is 27.1. The van der Waals surface area contributed by atoms with Crippen LogP contribution in [0, 0.1) is 0 Å². The minimum Gasteiger partial charge on any atom is -0.264 e. The van der Waals surface area contributed by atoms with Gasteiger partial charge >= 0.3 is 20.2 Å². The Bertz CT molecular complexity index is 2270. The van der Waals surface area contributed by atoms with Crippen LogP contribution < -0.4 is 0 Å². The highest BCUT2D eigenvalue weighted by Gasteiger charge is 2.25. The maximum atomic E-state index is 13.4. The molecule has 6 aromatic rings. The summed E-state index contributed by atoms with van der Waals surface area (Å²) < 4.78 is 64.4. The number of fused-ring (bicyclic) bond motifs is 2. The molecular formula is C38H28N2O6S2. The molecule has 0 unspecified atom stereocenters. The molecule has 0 spiro atoms. The van der Waals surface area contributed by atoms with Gasteiger partial charge in [-0.2, -0.15) is 16.8 Å². The Kier molecular flexibility index (Phi) is 9.02. The van der Waals surface area contributed by atoms with Gasteiger partial charge in [-0.1, -0.05) is 145 Å². The molecule has 0 saturated heterocycles. The molecule has 0 bridgehead atoms. The molecule has 6 aromatic carbocycles. The van der Waals surface area contributed by atoms with E-state index in [-0.39, 0.29) is 21.2 Å². The third-order valence-electron chi connectivity index (χ3n) is 7.58. The zero-order chi connectivity index (χ0) is 33.7. The fourth-order valence-electron chi connectivity index (χ4n) is 5.10. The van der Waals surface area contributed by atoms with E-state index < -0.39 is 20.2 Å². The molecule has 0 aliphatic carbocycles. The van der Waals surface area contributed by atoms with Crippen LogP contribution in [0.15, 0.2) is 167 Å². The van der Waals surface area contributed by atoms with E-state index in [4.69, 9.17) is 8.57 Å². The summed E-state index contributed by atoms with van der Waals surface area (Å²) in [5.74, 6) is 0. The maximum absolute atomic E-state index is 13.4. The highest BCUT2D eigenvalue weighted by molar-refractivity contribution is 7.87. The Morgan fingerprint density at radius 2 is 0.833 bits per heavy atom. The van der Waals surface area contributed by atoms with Gasteiger partial charge in [0.25, 0.3) is 0 Å². The summed E-state index contributed by atoms with van der Waals surface area (Å²) in [7, 11) is -8.87. The average molecular weight is 673 g/mol. The van der Waals surface area contributed by atoms with Gasteiger partial charge in [0.1, 0.15) is 21.2 Å². The number of hydrogen-bond donors (Lipinski definition) is 0. The Morgan fingerprint density at radius 3 is 1.21 bits per heavy atom. The van der Waals surface area contributed by atoms with Crippen molar-refractivity contribution in [3.8, 4) is 0 Å². The molecule has 0 saturated carbocycles. The first kappa shape index (κ1) is 32.1. The molecule has 0 heterocycles. The van der Waals surface area contributed by atoms with Gasteiger partial charge in [-0.05, 0) is 56.9 Å². The van der Waals surface area contributed by atoms with Gasteiger partial charge in [0.15, 0.2) is 0 Å². The van der Waals surface area contributed by atoms with Gasteiger partial charge in [0.05, 0.1) is 0 Å². The van der Waals surface area contributed by atoms with Crippen molar-refractivity contribution in [3.05, 3.63) is 169 Å². The first-order valence-corrected chi connectivity index (χ1v) is 17.5. The lowest BCUT2D eigenvalue weighted by Crippen LogP contribution is -2.21. The monoisotopic (exact) mass is 672 g/mol. The first-order valence-electron chi connectivity index (χ1n) is 14.6. The van der Waals surface area contributed by atoms with E-state index in [9.17, 15) is 16.8 Å². The van der Waals surface area contributed by atoms with Crippen LogP contribution in [-0.2, 0) is 28.8 Å². The minimum atomic E-state index is -4.44. The van der Waals surface area contributed by atoms with Gasteiger partial charge in [0.2, 0.25) is 0 Å². The predicted octanol–water partition coefficient (Wildman–Crippen LogP) is 8.20. The lowest BCUT2D eigenvalue weighted by Gasteiger charge is -2.15. The van der Waals surface area contributed by atoms with Crippen LogP contribution in [0.25, 0.3) is 33.7 Å². The van der Waals surface area contributed by atoms with Gasteiger partial charge in [-0.25, -0.2) is 0 Å². The van der Waals surface area contributed by atoms with Crippen molar-refractivity contribution >= 4 is 65.4 Å². The summed E-state index contributed by atoms with van der Waals surface area (Å²) in [6.45, 7) is 7.40. The SMILES string of the molecule is C=Cc1ccc(S(=O)(=O)O/N=C(\C(=N/OS(=O)(=O)c2ccc(C=C)cc2)c2cccc3ccccc23)c2cccc3ccccc23)cc1. The standard InChI is InChI=1S/C38H28N2O6S2/c1-3-27-19-23-31(24-20-27)47(41,42)45-39-37(35-17-9-13-29-11-5-7-15-33(29)35)38(36-18-10-14-30-12-6-8-16-34(30)36)40-46-48(43,44)32-25-21-28(4-2)22-26-32/h3-26H,1-2H2/b39-37-,40-38-. The van der Waals surface area contributed by atoms with E-state index in [1.807, 2.05) is 60.7 Å². The minimum absolute atomic E-state index is 0.0772. The first-order chi connectivity index (χ1) is 23.2. The third-order valence-corrected chi connectivity index (χ3v) is 9.82. The largest absolute Gasteiger partial charge is 0.358 e. The van der Waals surface area contributed by atoms with Crippen molar-refractivity contribution in [2.24, 2.45) is 10.3 Å². The second-order valence-electron chi connectivity index (χ2n) is 10.5. The van der Waals surface area contributed by atoms with Crippen LogP contribution in [0.3, 0.4) is 0 Å². The lowest BCUT2D eigenvalue weighted by atomic mass is 9.92. The number of oxime groups is 2. The maximum Gasteiger partial charge on any atom is 0.358 e. The lowest BCUT2D eigenvalue weighted by molar-refractivity contribution is 0.334. The third kappa shape index (κ3) is 6.66. The smallest absolute Gasteiger partial charge is 0.264 e. The molecule has 0 aliphatic heterocycles. The molecule has 0 atom stereocenters. The summed E-state index contributed by atoms with van der Waals surface area (Å²) in [5, 5.41) is 11.4. The number of nitrogens with zero attached hydrogens (tertiary/aromatic N) is 2. The Morgan fingerprint density at radius 1 is 0.479 bits per heavy atom. The van der Waals surface area contributed by atoms with Gasteiger partial charge in [-0.3, -0.25) is 8.57 Å². The van der Waals surface area contributed by atoms with Crippen molar-refractivity contribution in [2.75, 3.05) is 0 Å². The Balaban J connectivity index is 1.58. The molecule has 0 aromatic heterocycles. The van der Waals surface area contributed by atoms with Crippen molar-refractivity contribution in [1.82, 2.24) is 0 Å². The van der Waals surface area contributed by atoms with Crippen LogP contribution in [-0.4, -0.2) is 28.3 Å².